The highest BCUT2D eigenvalue weighted by molar-refractivity contribution is 5.85. The summed E-state index contributed by atoms with van der Waals surface area (Å²) in [6, 6.07) is 5.72. The highest BCUT2D eigenvalue weighted by Gasteiger charge is 2.48. The number of nitrogens with zero attached hydrogens (tertiary/aromatic N) is 1. The molecule has 1 saturated carbocycles. The fourth-order valence-electron chi connectivity index (χ4n) is 2.05. The average Bonchev–Trinajstić information content (AvgIpc) is 3.07. The third-order valence-electron chi connectivity index (χ3n) is 3.57. The van der Waals surface area contributed by atoms with Crippen LogP contribution in [0.5, 0.6) is 0 Å². The van der Waals surface area contributed by atoms with E-state index in [-0.39, 0.29) is 11.3 Å². The van der Waals surface area contributed by atoms with Crippen LogP contribution in [-0.4, -0.2) is 17.4 Å². The molecule has 1 amide bonds. The molecule has 1 aliphatic rings. The van der Waals surface area contributed by atoms with Gasteiger partial charge in [0.15, 0.2) is 12.0 Å². The standard InChI is InChI=1S/C13H15N3O2/c14-7-13(3-4-13)12(17)15-6-9-1-2-10-11(5-9)18-8-16-10/h1-2,5,8H,3-4,6-7,14H2,(H,15,17). The molecule has 1 heterocycles. The summed E-state index contributed by atoms with van der Waals surface area (Å²) in [6.45, 7) is 0.928. The minimum Gasteiger partial charge on any atom is -0.443 e. The Kier molecular flexibility index (Phi) is 2.56. The number of nitrogens with two attached hydrogens (primary N) is 1. The Morgan fingerprint density at radius 2 is 2.33 bits per heavy atom. The molecule has 3 rings (SSSR count). The van der Waals surface area contributed by atoms with E-state index in [1.54, 1.807) is 0 Å². The van der Waals surface area contributed by atoms with Crippen LogP contribution in [0.25, 0.3) is 11.1 Å². The number of oxazole rings is 1. The first-order valence-electron chi connectivity index (χ1n) is 6.04. The molecule has 0 radical (unpaired) electrons. The lowest BCUT2D eigenvalue weighted by Crippen LogP contribution is -2.36. The number of hydrogen-bond acceptors (Lipinski definition) is 4. The number of benzene rings is 1. The van der Waals surface area contributed by atoms with Gasteiger partial charge in [0.1, 0.15) is 5.52 Å². The maximum Gasteiger partial charge on any atom is 0.227 e. The van der Waals surface area contributed by atoms with Crippen molar-refractivity contribution in [3.05, 3.63) is 30.2 Å². The number of carbonyl (C=O) groups excluding carboxylic acids is 1. The fraction of sp³-hybridized carbons (Fsp3) is 0.385. The lowest BCUT2D eigenvalue weighted by molar-refractivity contribution is -0.126. The van der Waals surface area contributed by atoms with Crippen LogP contribution in [0.15, 0.2) is 29.0 Å². The van der Waals surface area contributed by atoms with Crippen LogP contribution in [0.1, 0.15) is 18.4 Å². The molecule has 5 heteroatoms. The number of carbonyl (C=O) groups is 1. The number of rotatable bonds is 4. The van der Waals surface area contributed by atoms with E-state index >= 15 is 0 Å². The van der Waals surface area contributed by atoms with Crippen LogP contribution in [0, 0.1) is 5.41 Å². The maximum absolute atomic E-state index is 11.9. The number of amides is 1. The second-order valence-electron chi connectivity index (χ2n) is 4.82. The van der Waals surface area contributed by atoms with Gasteiger partial charge in [-0.2, -0.15) is 0 Å². The zero-order valence-electron chi connectivity index (χ0n) is 9.98. The summed E-state index contributed by atoms with van der Waals surface area (Å²) in [6.07, 6.45) is 3.22. The van der Waals surface area contributed by atoms with Gasteiger partial charge in [-0.25, -0.2) is 4.98 Å². The van der Waals surface area contributed by atoms with Gasteiger partial charge in [0, 0.05) is 13.1 Å². The molecule has 0 saturated heterocycles. The molecule has 18 heavy (non-hydrogen) atoms. The van der Waals surface area contributed by atoms with Crippen LogP contribution in [-0.2, 0) is 11.3 Å². The molecule has 2 aromatic rings. The molecule has 0 spiro atoms. The lowest BCUT2D eigenvalue weighted by Gasteiger charge is -2.12. The first-order valence-corrected chi connectivity index (χ1v) is 6.04. The molecule has 94 valence electrons. The van der Waals surface area contributed by atoms with Crippen molar-refractivity contribution in [1.29, 1.82) is 0 Å². The Balaban J connectivity index is 1.67. The Hall–Kier alpha value is -1.88. The quantitative estimate of drug-likeness (QED) is 0.847. The molecule has 0 unspecified atom stereocenters. The van der Waals surface area contributed by atoms with Crippen LogP contribution in [0.3, 0.4) is 0 Å². The summed E-state index contributed by atoms with van der Waals surface area (Å²) in [7, 11) is 0. The molecule has 1 aromatic heterocycles. The molecule has 1 aromatic carbocycles. The largest absolute Gasteiger partial charge is 0.443 e. The minimum atomic E-state index is -0.295. The summed E-state index contributed by atoms with van der Waals surface area (Å²) in [5, 5.41) is 2.93. The fourth-order valence-corrected chi connectivity index (χ4v) is 2.05. The summed E-state index contributed by atoms with van der Waals surface area (Å²) in [5.74, 6) is 0.0580. The van der Waals surface area contributed by atoms with Crippen molar-refractivity contribution in [3.63, 3.8) is 0 Å². The normalized spacial score (nSPS) is 16.7. The zero-order chi connectivity index (χ0) is 12.6. The number of aromatic nitrogens is 1. The summed E-state index contributed by atoms with van der Waals surface area (Å²) >= 11 is 0. The lowest BCUT2D eigenvalue weighted by atomic mass is 10.1. The summed E-state index contributed by atoms with van der Waals surface area (Å²) in [5.41, 5.74) is 7.88. The van der Waals surface area contributed by atoms with Crippen molar-refractivity contribution >= 4 is 17.0 Å². The van der Waals surface area contributed by atoms with Crippen molar-refractivity contribution in [2.75, 3.05) is 6.54 Å². The topological polar surface area (TPSA) is 81.2 Å². The molecule has 1 aliphatic carbocycles. The van der Waals surface area contributed by atoms with Gasteiger partial charge in [-0.1, -0.05) is 6.07 Å². The third-order valence-corrected chi connectivity index (χ3v) is 3.57. The monoisotopic (exact) mass is 245 g/mol. The number of hydrogen-bond donors (Lipinski definition) is 2. The molecular formula is C13H15N3O2. The summed E-state index contributed by atoms with van der Waals surface area (Å²) < 4.78 is 5.22. The van der Waals surface area contributed by atoms with Gasteiger partial charge in [0.25, 0.3) is 0 Å². The molecule has 3 N–H and O–H groups in total. The predicted molar refractivity (Wildman–Crippen MR) is 66.6 cm³/mol. The summed E-state index contributed by atoms with van der Waals surface area (Å²) in [4.78, 5) is 16.0. The number of fused-ring (bicyclic) bond motifs is 1. The van der Waals surface area contributed by atoms with Gasteiger partial charge < -0.3 is 15.5 Å². The molecule has 0 bridgehead atoms. The molecule has 0 atom stereocenters. The third kappa shape index (κ3) is 1.86. The smallest absolute Gasteiger partial charge is 0.227 e. The molecule has 1 fully saturated rings. The SMILES string of the molecule is NCC1(C(=O)NCc2ccc3ncoc3c2)CC1. The van der Waals surface area contributed by atoms with Gasteiger partial charge in [0.2, 0.25) is 5.91 Å². The van der Waals surface area contributed by atoms with Crippen molar-refractivity contribution in [3.8, 4) is 0 Å². The van der Waals surface area contributed by atoms with Gasteiger partial charge in [-0.05, 0) is 30.5 Å². The maximum atomic E-state index is 11.9. The van der Waals surface area contributed by atoms with E-state index in [2.05, 4.69) is 10.3 Å². The Morgan fingerprint density at radius 3 is 3.06 bits per heavy atom. The highest BCUT2D eigenvalue weighted by atomic mass is 16.3. The zero-order valence-corrected chi connectivity index (χ0v) is 9.98. The minimum absolute atomic E-state index is 0.0580. The first kappa shape index (κ1) is 11.2. The second-order valence-corrected chi connectivity index (χ2v) is 4.82. The van der Waals surface area contributed by atoms with E-state index in [0.717, 1.165) is 29.5 Å². The Morgan fingerprint density at radius 1 is 1.50 bits per heavy atom. The Labute approximate surface area is 104 Å². The number of nitrogens with one attached hydrogen (secondary N) is 1. The van der Waals surface area contributed by atoms with Crippen LogP contribution >= 0.6 is 0 Å². The average molecular weight is 245 g/mol. The van der Waals surface area contributed by atoms with E-state index < -0.39 is 0 Å². The molecule has 5 nitrogen and oxygen atoms in total. The molecular weight excluding hydrogens is 230 g/mol. The van der Waals surface area contributed by atoms with Crippen molar-refractivity contribution in [2.45, 2.75) is 19.4 Å². The van der Waals surface area contributed by atoms with Crippen molar-refractivity contribution in [2.24, 2.45) is 11.1 Å². The van der Waals surface area contributed by atoms with E-state index in [1.165, 1.54) is 6.39 Å². The van der Waals surface area contributed by atoms with Crippen molar-refractivity contribution < 1.29 is 9.21 Å². The van der Waals surface area contributed by atoms with Gasteiger partial charge in [0.05, 0.1) is 5.41 Å². The van der Waals surface area contributed by atoms with E-state index in [0.29, 0.717) is 13.1 Å². The van der Waals surface area contributed by atoms with Gasteiger partial charge in [-0.3, -0.25) is 4.79 Å². The van der Waals surface area contributed by atoms with Gasteiger partial charge in [-0.15, -0.1) is 0 Å². The van der Waals surface area contributed by atoms with E-state index in [4.69, 9.17) is 10.2 Å². The Bertz CT molecular complexity index is 587. The van der Waals surface area contributed by atoms with Crippen LogP contribution in [0.2, 0.25) is 0 Å². The van der Waals surface area contributed by atoms with E-state index in [1.807, 2.05) is 18.2 Å². The van der Waals surface area contributed by atoms with Gasteiger partial charge >= 0.3 is 0 Å². The van der Waals surface area contributed by atoms with Crippen molar-refractivity contribution in [1.82, 2.24) is 10.3 Å². The highest BCUT2D eigenvalue weighted by Crippen LogP contribution is 2.44. The molecule has 0 aliphatic heterocycles. The first-order chi connectivity index (χ1) is 8.73. The second kappa shape index (κ2) is 4.10. The van der Waals surface area contributed by atoms with E-state index in [9.17, 15) is 4.79 Å². The predicted octanol–water partition coefficient (Wildman–Crippen LogP) is 1.18. The van der Waals surface area contributed by atoms with Crippen LogP contribution in [0.4, 0.5) is 0 Å². The van der Waals surface area contributed by atoms with Crippen LogP contribution < -0.4 is 11.1 Å².